The molecule has 25 heavy (non-hydrogen) atoms. The van der Waals surface area contributed by atoms with E-state index in [2.05, 4.69) is 9.97 Å². The minimum Gasteiger partial charge on any atom is -0.295 e. The van der Waals surface area contributed by atoms with Crippen molar-refractivity contribution in [3.63, 3.8) is 0 Å². The Morgan fingerprint density at radius 3 is 2.84 bits per heavy atom. The Balaban J connectivity index is 1.68. The summed E-state index contributed by atoms with van der Waals surface area (Å²) in [5, 5.41) is 0.453. The molecule has 4 nitrogen and oxygen atoms in total. The Morgan fingerprint density at radius 1 is 1.24 bits per heavy atom. The first kappa shape index (κ1) is 14.7. The molecule has 2 unspecified atom stereocenters. The van der Waals surface area contributed by atoms with Gasteiger partial charge in [-0.25, -0.2) is 13.8 Å². The van der Waals surface area contributed by atoms with Gasteiger partial charge in [0.1, 0.15) is 5.82 Å². The highest BCUT2D eigenvalue weighted by Gasteiger charge is 2.78. The van der Waals surface area contributed by atoms with E-state index in [0.717, 1.165) is 11.3 Å². The van der Waals surface area contributed by atoms with E-state index in [1.165, 1.54) is 4.57 Å². The van der Waals surface area contributed by atoms with Crippen molar-refractivity contribution < 1.29 is 8.78 Å². The van der Waals surface area contributed by atoms with Crippen LogP contribution in [0.2, 0.25) is 0 Å². The van der Waals surface area contributed by atoms with Crippen LogP contribution >= 0.6 is 0 Å². The number of benzene rings is 1. The number of rotatable bonds is 1. The van der Waals surface area contributed by atoms with Gasteiger partial charge in [-0.05, 0) is 24.3 Å². The topological polar surface area (TPSA) is 47.8 Å². The Kier molecular flexibility index (Phi) is 2.65. The van der Waals surface area contributed by atoms with E-state index in [1.807, 2.05) is 24.3 Å². The van der Waals surface area contributed by atoms with Crippen molar-refractivity contribution in [2.45, 2.75) is 25.8 Å². The Hall–Kier alpha value is -2.63. The normalized spacial score (nSPS) is 26.1. The largest absolute Gasteiger partial charge is 0.295 e. The lowest BCUT2D eigenvalue weighted by Crippen LogP contribution is -2.33. The van der Waals surface area contributed by atoms with Gasteiger partial charge in [0.25, 0.3) is 11.5 Å². The van der Waals surface area contributed by atoms with Gasteiger partial charge in [-0.1, -0.05) is 19.1 Å². The lowest BCUT2D eigenvalue weighted by Gasteiger charge is -2.21. The molecular weight excluding hydrogens is 324 g/mol. The number of hydrogen-bond acceptors (Lipinski definition) is 3. The van der Waals surface area contributed by atoms with Crippen LogP contribution < -0.4 is 5.56 Å². The number of halogens is 2. The van der Waals surface area contributed by atoms with Gasteiger partial charge >= 0.3 is 0 Å². The van der Waals surface area contributed by atoms with Crippen molar-refractivity contribution in [1.29, 1.82) is 0 Å². The van der Waals surface area contributed by atoms with E-state index in [9.17, 15) is 13.6 Å². The van der Waals surface area contributed by atoms with Crippen LogP contribution in [0.25, 0.3) is 22.2 Å². The molecule has 5 rings (SSSR count). The summed E-state index contributed by atoms with van der Waals surface area (Å²) in [5.74, 6) is -2.99. The maximum Gasteiger partial charge on any atom is 0.261 e. The molecular formula is C19H15F2N3O. The van der Waals surface area contributed by atoms with Gasteiger partial charge in [-0.3, -0.25) is 14.3 Å². The molecule has 2 aromatic heterocycles. The minimum absolute atomic E-state index is 0.0315. The molecule has 2 aliphatic rings. The minimum atomic E-state index is -2.72. The van der Waals surface area contributed by atoms with E-state index in [1.54, 1.807) is 25.3 Å². The third-order valence-corrected chi connectivity index (χ3v) is 5.75. The van der Waals surface area contributed by atoms with Crippen LogP contribution in [0.5, 0.6) is 0 Å². The van der Waals surface area contributed by atoms with Crippen LogP contribution in [0.4, 0.5) is 8.78 Å². The summed E-state index contributed by atoms with van der Waals surface area (Å²) in [7, 11) is 0. The van der Waals surface area contributed by atoms with E-state index < -0.39 is 17.3 Å². The van der Waals surface area contributed by atoms with Crippen LogP contribution in [-0.2, 0) is 13.0 Å². The molecule has 6 heteroatoms. The molecule has 0 radical (unpaired) electrons. The van der Waals surface area contributed by atoms with Crippen molar-refractivity contribution in [3.8, 4) is 11.3 Å². The molecule has 1 aliphatic heterocycles. The van der Waals surface area contributed by atoms with Crippen LogP contribution in [0.1, 0.15) is 12.7 Å². The Labute approximate surface area is 142 Å². The maximum absolute atomic E-state index is 14.1. The lowest BCUT2D eigenvalue weighted by molar-refractivity contribution is 0.0592. The fourth-order valence-electron chi connectivity index (χ4n) is 4.03. The predicted molar refractivity (Wildman–Crippen MR) is 89.5 cm³/mol. The second kappa shape index (κ2) is 4.50. The summed E-state index contributed by atoms with van der Waals surface area (Å²) in [5.41, 5.74) is 0.808. The zero-order valence-electron chi connectivity index (χ0n) is 13.5. The SMILES string of the molecule is CC12Cn3c(nc4cc(-c5ccccn5)ccc4c3=O)CC1C2(F)F. The van der Waals surface area contributed by atoms with Crippen LogP contribution in [0.3, 0.4) is 0 Å². The molecule has 2 atom stereocenters. The predicted octanol–water partition coefficient (Wildman–Crippen LogP) is 3.29. The second-order valence-electron chi connectivity index (χ2n) is 7.16. The highest BCUT2D eigenvalue weighted by atomic mass is 19.3. The number of aromatic nitrogens is 3. The van der Waals surface area contributed by atoms with Crippen molar-refractivity contribution in [3.05, 3.63) is 58.8 Å². The number of nitrogens with zero attached hydrogens (tertiary/aromatic N) is 3. The molecule has 0 saturated heterocycles. The number of pyridine rings is 1. The molecule has 1 fully saturated rings. The lowest BCUT2D eigenvalue weighted by atomic mass is 10.00. The summed E-state index contributed by atoms with van der Waals surface area (Å²) in [6.45, 7) is 1.59. The van der Waals surface area contributed by atoms with Gasteiger partial charge < -0.3 is 0 Å². The van der Waals surface area contributed by atoms with Gasteiger partial charge in [-0.15, -0.1) is 0 Å². The Bertz CT molecular complexity index is 1080. The summed E-state index contributed by atoms with van der Waals surface area (Å²) in [6.07, 6.45) is 1.84. The number of alkyl halides is 2. The van der Waals surface area contributed by atoms with Gasteiger partial charge in [0.15, 0.2) is 0 Å². The smallest absolute Gasteiger partial charge is 0.261 e. The summed E-state index contributed by atoms with van der Waals surface area (Å²) < 4.78 is 29.6. The maximum atomic E-state index is 14.1. The molecule has 0 amide bonds. The first-order chi connectivity index (χ1) is 11.9. The molecule has 1 aliphatic carbocycles. The van der Waals surface area contributed by atoms with Crippen LogP contribution in [0, 0.1) is 11.3 Å². The second-order valence-corrected chi connectivity index (χ2v) is 7.16. The fraction of sp³-hybridized carbons (Fsp3) is 0.316. The van der Waals surface area contributed by atoms with Crippen molar-refractivity contribution in [2.75, 3.05) is 0 Å². The van der Waals surface area contributed by atoms with Gasteiger partial charge in [-0.2, -0.15) is 0 Å². The van der Waals surface area contributed by atoms with Gasteiger partial charge in [0.05, 0.1) is 22.0 Å². The molecule has 3 heterocycles. The van der Waals surface area contributed by atoms with Crippen LogP contribution in [0.15, 0.2) is 47.4 Å². The quantitative estimate of drug-likeness (QED) is 0.683. The molecule has 1 aromatic carbocycles. The van der Waals surface area contributed by atoms with Gasteiger partial charge in [0.2, 0.25) is 0 Å². The van der Waals surface area contributed by atoms with Crippen LogP contribution in [-0.4, -0.2) is 20.5 Å². The number of fused-ring (bicyclic) bond motifs is 3. The fourth-order valence-corrected chi connectivity index (χ4v) is 4.03. The first-order valence-electron chi connectivity index (χ1n) is 8.24. The van der Waals surface area contributed by atoms with E-state index in [4.69, 9.17) is 0 Å². The molecule has 1 saturated carbocycles. The number of hydrogen-bond donors (Lipinski definition) is 0. The Morgan fingerprint density at radius 2 is 2.08 bits per heavy atom. The van der Waals surface area contributed by atoms with E-state index in [-0.39, 0.29) is 18.5 Å². The van der Waals surface area contributed by atoms with E-state index in [0.29, 0.717) is 16.7 Å². The van der Waals surface area contributed by atoms with Crippen molar-refractivity contribution >= 4 is 10.9 Å². The first-order valence-corrected chi connectivity index (χ1v) is 8.24. The van der Waals surface area contributed by atoms with Crippen molar-refractivity contribution in [1.82, 2.24) is 14.5 Å². The highest BCUT2D eigenvalue weighted by molar-refractivity contribution is 5.83. The zero-order chi connectivity index (χ0) is 17.4. The average Bonchev–Trinajstić information content (AvgIpc) is 3.06. The van der Waals surface area contributed by atoms with Crippen molar-refractivity contribution in [2.24, 2.45) is 11.3 Å². The zero-order valence-corrected chi connectivity index (χ0v) is 13.5. The standard InChI is InChI=1S/C19H15F2N3O/c1-18-10-24-16(9-15(18)19(18,20)21)23-14-8-11(5-6-12(14)17(24)25)13-4-2-3-7-22-13/h2-8,15H,9-10H2,1H3. The monoisotopic (exact) mass is 339 g/mol. The molecule has 126 valence electrons. The molecule has 3 aromatic rings. The summed E-state index contributed by atoms with van der Waals surface area (Å²) in [6, 6.07) is 10.9. The molecule has 0 N–H and O–H groups in total. The van der Waals surface area contributed by atoms with Gasteiger partial charge in [0, 0.05) is 30.6 Å². The molecule has 0 spiro atoms. The third-order valence-electron chi connectivity index (χ3n) is 5.75. The van der Waals surface area contributed by atoms with E-state index >= 15 is 0 Å². The average molecular weight is 339 g/mol. The molecule has 0 bridgehead atoms. The highest BCUT2D eigenvalue weighted by Crippen LogP contribution is 2.68. The summed E-state index contributed by atoms with van der Waals surface area (Å²) >= 11 is 0. The summed E-state index contributed by atoms with van der Waals surface area (Å²) in [4.78, 5) is 21.6. The third kappa shape index (κ3) is 1.82.